The van der Waals surface area contributed by atoms with Gasteiger partial charge < -0.3 is 15.2 Å². The average molecular weight is 288 g/mol. The van der Waals surface area contributed by atoms with Gasteiger partial charge in [0.2, 0.25) is 0 Å². The predicted octanol–water partition coefficient (Wildman–Crippen LogP) is 1.22. The van der Waals surface area contributed by atoms with E-state index < -0.39 is 36.6 Å². The Labute approximate surface area is 112 Å². The van der Waals surface area contributed by atoms with Crippen molar-refractivity contribution in [3.8, 4) is 11.8 Å². The van der Waals surface area contributed by atoms with Crippen LogP contribution in [0.2, 0.25) is 0 Å². The molecular formula is C12H11F3N2O3. The van der Waals surface area contributed by atoms with E-state index in [0.717, 1.165) is 12.1 Å². The summed E-state index contributed by atoms with van der Waals surface area (Å²) in [5.41, 5.74) is -0.990. The SMILES string of the molecule is N#CCNC(=O)COc1ccc(CO)cc1C(F)(F)F. The fraction of sp³-hybridized carbons (Fsp3) is 0.333. The Morgan fingerprint density at radius 1 is 1.45 bits per heavy atom. The second kappa shape index (κ2) is 6.77. The van der Waals surface area contributed by atoms with Gasteiger partial charge in [-0.2, -0.15) is 18.4 Å². The van der Waals surface area contributed by atoms with E-state index in [-0.39, 0.29) is 12.1 Å². The van der Waals surface area contributed by atoms with Crippen molar-refractivity contribution in [2.75, 3.05) is 13.2 Å². The topological polar surface area (TPSA) is 82.4 Å². The van der Waals surface area contributed by atoms with Crippen LogP contribution in [-0.4, -0.2) is 24.2 Å². The monoisotopic (exact) mass is 288 g/mol. The Balaban J connectivity index is 2.84. The number of halogens is 3. The van der Waals surface area contributed by atoms with Gasteiger partial charge in [0.15, 0.2) is 6.61 Å². The minimum absolute atomic E-state index is 0.0820. The molecule has 1 rings (SSSR count). The molecule has 0 bridgehead atoms. The number of aliphatic hydroxyl groups excluding tert-OH is 1. The van der Waals surface area contributed by atoms with E-state index >= 15 is 0 Å². The van der Waals surface area contributed by atoms with Crippen molar-refractivity contribution in [1.29, 1.82) is 5.26 Å². The molecule has 0 atom stereocenters. The first-order valence-corrected chi connectivity index (χ1v) is 5.46. The summed E-state index contributed by atoms with van der Waals surface area (Å²) in [5, 5.41) is 19.2. The lowest BCUT2D eigenvalue weighted by Gasteiger charge is -2.14. The van der Waals surface area contributed by atoms with Crippen molar-refractivity contribution in [2.45, 2.75) is 12.8 Å². The van der Waals surface area contributed by atoms with Crippen molar-refractivity contribution in [3.63, 3.8) is 0 Å². The van der Waals surface area contributed by atoms with E-state index in [2.05, 4.69) is 5.32 Å². The van der Waals surface area contributed by atoms with E-state index in [0.29, 0.717) is 0 Å². The molecule has 0 aliphatic heterocycles. The van der Waals surface area contributed by atoms with Gasteiger partial charge in [-0.25, -0.2) is 0 Å². The number of amides is 1. The third-order valence-electron chi connectivity index (χ3n) is 2.26. The standard InChI is InChI=1S/C12H11F3N2O3/c13-12(14,15)9-5-8(6-18)1-2-10(9)20-7-11(19)17-4-3-16/h1-2,5,18H,4,6-7H2,(H,17,19). The molecule has 0 saturated carbocycles. The predicted molar refractivity (Wildman–Crippen MR) is 61.5 cm³/mol. The number of benzene rings is 1. The molecule has 2 N–H and O–H groups in total. The summed E-state index contributed by atoms with van der Waals surface area (Å²) in [7, 11) is 0. The third kappa shape index (κ3) is 4.44. The molecule has 0 spiro atoms. The highest BCUT2D eigenvalue weighted by atomic mass is 19.4. The van der Waals surface area contributed by atoms with Crippen LogP contribution < -0.4 is 10.1 Å². The number of nitriles is 1. The summed E-state index contributed by atoms with van der Waals surface area (Å²) in [5.74, 6) is -1.22. The van der Waals surface area contributed by atoms with Crippen LogP contribution in [0.3, 0.4) is 0 Å². The number of nitrogens with zero attached hydrogens (tertiary/aromatic N) is 1. The van der Waals surface area contributed by atoms with Crippen molar-refractivity contribution in [2.24, 2.45) is 0 Å². The first-order chi connectivity index (χ1) is 9.38. The largest absolute Gasteiger partial charge is 0.483 e. The minimum atomic E-state index is -4.66. The summed E-state index contributed by atoms with van der Waals surface area (Å²) in [6.45, 7) is -1.42. The number of nitrogens with one attached hydrogen (secondary N) is 1. The molecule has 1 aromatic carbocycles. The number of alkyl halides is 3. The summed E-state index contributed by atoms with van der Waals surface area (Å²) < 4.78 is 43.2. The highest BCUT2D eigenvalue weighted by Gasteiger charge is 2.34. The van der Waals surface area contributed by atoms with Crippen molar-refractivity contribution in [1.82, 2.24) is 5.32 Å². The molecular weight excluding hydrogens is 277 g/mol. The maximum Gasteiger partial charge on any atom is 0.419 e. The highest BCUT2D eigenvalue weighted by Crippen LogP contribution is 2.36. The van der Waals surface area contributed by atoms with Crippen LogP contribution in [-0.2, 0) is 17.6 Å². The summed E-state index contributed by atoms with van der Waals surface area (Å²) in [6, 6.07) is 4.70. The minimum Gasteiger partial charge on any atom is -0.483 e. The number of rotatable bonds is 5. The Morgan fingerprint density at radius 3 is 2.70 bits per heavy atom. The van der Waals surface area contributed by atoms with E-state index in [4.69, 9.17) is 15.1 Å². The second-order valence-electron chi connectivity index (χ2n) is 3.71. The molecule has 0 fully saturated rings. The number of carbonyl (C=O) groups is 1. The first kappa shape index (κ1) is 15.8. The van der Waals surface area contributed by atoms with Gasteiger partial charge in [0.1, 0.15) is 12.3 Å². The zero-order chi connectivity index (χ0) is 15.2. The second-order valence-corrected chi connectivity index (χ2v) is 3.71. The van der Waals surface area contributed by atoms with Crippen molar-refractivity contribution >= 4 is 5.91 Å². The maximum absolute atomic E-state index is 12.8. The normalized spacial score (nSPS) is 10.8. The van der Waals surface area contributed by atoms with Crippen LogP contribution in [0.1, 0.15) is 11.1 Å². The van der Waals surface area contributed by atoms with Gasteiger partial charge in [-0.15, -0.1) is 0 Å². The maximum atomic E-state index is 12.8. The third-order valence-corrected chi connectivity index (χ3v) is 2.26. The molecule has 0 unspecified atom stereocenters. The molecule has 8 heteroatoms. The Bertz CT molecular complexity index is 524. The Morgan fingerprint density at radius 2 is 2.15 bits per heavy atom. The van der Waals surface area contributed by atoms with Crippen LogP contribution >= 0.6 is 0 Å². The number of ether oxygens (including phenoxy) is 1. The molecule has 1 amide bonds. The molecule has 0 radical (unpaired) electrons. The lowest BCUT2D eigenvalue weighted by atomic mass is 10.1. The quantitative estimate of drug-likeness (QED) is 0.798. The molecule has 108 valence electrons. The molecule has 0 saturated heterocycles. The molecule has 0 aromatic heterocycles. The van der Waals surface area contributed by atoms with Gasteiger partial charge in [-0.1, -0.05) is 6.07 Å². The molecule has 5 nitrogen and oxygen atoms in total. The molecule has 1 aromatic rings. The van der Waals surface area contributed by atoms with Gasteiger partial charge in [0.05, 0.1) is 18.2 Å². The number of carbonyl (C=O) groups excluding carboxylic acids is 1. The fourth-order valence-corrected chi connectivity index (χ4v) is 1.36. The van der Waals surface area contributed by atoms with Crippen molar-refractivity contribution in [3.05, 3.63) is 29.3 Å². The van der Waals surface area contributed by atoms with Crippen LogP contribution in [0.25, 0.3) is 0 Å². The Kier molecular flexibility index (Phi) is 5.34. The van der Waals surface area contributed by atoms with Gasteiger partial charge in [-0.05, 0) is 17.7 Å². The Hall–Kier alpha value is -2.27. The first-order valence-electron chi connectivity index (χ1n) is 5.46. The van der Waals surface area contributed by atoms with E-state index in [9.17, 15) is 18.0 Å². The van der Waals surface area contributed by atoms with E-state index in [1.54, 1.807) is 6.07 Å². The van der Waals surface area contributed by atoms with Gasteiger partial charge in [0.25, 0.3) is 5.91 Å². The average Bonchev–Trinajstić information content (AvgIpc) is 2.41. The zero-order valence-corrected chi connectivity index (χ0v) is 10.2. The molecule has 0 aliphatic rings. The summed E-state index contributed by atoms with van der Waals surface area (Å²) in [4.78, 5) is 11.2. The molecule has 0 aliphatic carbocycles. The highest BCUT2D eigenvalue weighted by molar-refractivity contribution is 5.77. The van der Waals surface area contributed by atoms with Crippen LogP contribution in [0, 0.1) is 11.3 Å². The van der Waals surface area contributed by atoms with E-state index in [1.807, 2.05) is 0 Å². The van der Waals surface area contributed by atoms with Gasteiger partial charge >= 0.3 is 6.18 Å². The fourth-order valence-electron chi connectivity index (χ4n) is 1.36. The lowest BCUT2D eigenvalue weighted by molar-refractivity contribution is -0.139. The van der Waals surface area contributed by atoms with Gasteiger partial charge in [-0.3, -0.25) is 4.79 Å². The van der Waals surface area contributed by atoms with E-state index in [1.165, 1.54) is 6.07 Å². The molecule has 20 heavy (non-hydrogen) atoms. The van der Waals surface area contributed by atoms with Gasteiger partial charge in [0, 0.05) is 0 Å². The number of aliphatic hydroxyl groups is 1. The lowest BCUT2D eigenvalue weighted by Crippen LogP contribution is -2.29. The molecule has 0 heterocycles. The van der Waals surface area contributed by atoms with Crippen LogP contribution in [0.4, 0.5) is 13.2 Å². The van der Waals surface area contributed by atoms with Crippen LogP contribution in [0.15, 0.2) is 18.2 Å². The summed E-state index contributed by atoms with van der Waals surface area (Å²) in [6.07, 6.45) is -4.66. The van der Waals surface area contributed by atoms with Crippen LogP contribution in [0.5, 0.6) is 5.75 Å². The summed E-state index contributed by atoms with van der Waals surface area (Å²) >= 11 is 0. The smallest absolute Gasteiger partial charge is 0.419 e. The number of hydrogen-bond donors (Lipinski definition) is 2. The van der Waals surface area contributed by atoms with Crippen molar-refractivity contribution < 1.29 is 27.8 Å². The number of hydrogen-bond acceptors (Lipinski definition) is 4. The zero-order valence-electron chi connectivity index (χ0n) is 10.2.